The number of nitro groups is 1. The minimum atomic E-state index is -0.564. The van der Waals surface area contributed by atoms with E-state index in [1.807, 2.05) is 18.7 Å². The van der Waals surface area contributed by atoms with Crippen LogP contribution in [0.1, 0.15) is 40.0 Å². The number of rotatable bonds is 7. The van der Waals surface area contributed by atoms with E-state index in [2.05, 4.69) is 6.92 Å². The molecule has 106 valence electrons. The molecule has 19 heavy (non-hydrogen) atoms. The van der Waals surface area contributed by atoms with Crippen LogP contribution in [0.25, 0.3) is 0 Å². The van der Waals surface area contributed by atoms with Gasteiger partial charge < -0.3 is 4.90 Å². The van der Waals surface area contributed by atoms with Crippen LogP contribution in [0, 0.1) is 15.9 Å². The van der Waals surface area contributed by atoms with Crippen LogP contribution in [0.4, 0.5) is 15.8 Å². The largest absolute Gasteiger partial charge is 0.369 e. The molecule has 5 heteroatoms. The van der Waals surface area contributed by atoms with Gasteiger partial charge in [0.2, 0.25) is 0 Å². The molecule has 0 spiro atoms. The number of benzene rings is 1. The van der Waals surface area contributed by atoms with Gasteiger partial charge >= 0.3 is 0 Å². The van der Waals surface area contributed by atoms with Crippen molar-refractivity contribution in [3.8, 4) is 0 Å². The van der Waals surface area contributed by atoms with Gasteiger partial charge in [-0.25, -0.2) is 4.39 Å². The molecule has 0 atom stereocenters. The molecule has 0 aliphatic rings. The molecule has 1 aromatic rings. The van der Waals surface area contributed by atoms with Gasteiger partial charge in [-0.2, -0.15) is 0 Å². The first kappa shape index (κ1) is 15.4. The van der Waals surface area contributed by atoms with Gasteiger partial charge in [0.15, 0.2) is 0 Å². The number of anilines is 1. The lowest BCUT2D eigenvalue weighted by Gasteiger charge is -2.29. The third-order valence-electron chi connectivity index (χ3n) is 3.04. The highest BCUT2D eigenvalue weighted by Crippen LogP contribution is 2.25. The molecule has 4 nitrogen and oxygen atoms in total. The van der Waals surface area contributed by atoms with E-state index in [4.69, 9.17) is 0 Å². The highest BCUT2D eigenvalue weighted by molar-refractivity contribution is 5.54. The fourth-order valence-corrected chi connectivity index (χ4v) is 2.05. The van der Waals surface area contributed by atoms with Crippen molar-refractivity contribution >= 4 is 11.4 Å². The summed E-state index contributed by atoms with van der Waals surface area (Å²) >= 11 is 0. The van der Waals surface area contributed by atoms with Crippen molar-refractivity contribution in [2.75, 3.05) is 11.4 Å². The first-order valence-electron chi connectivity index (χ1n) is 6.67. The predicted molar refractivity (Wildman–Crippen MR) is 75.1 cm³/mol. The third kappa shape index (κ3) is 4.50. The van der Waals surface area contributed by atoms with Gasteiger partial charge in [0.25, 0.3) is 5.69 Å². The summed E-state index contributed by atoms with van der Waals surface area (Å²) in [5.41, 5.74) is 0.383. The third-order valence-corrected chi connectivity index (χ3v) is 3.04. The Morgan fingerprint density at radius 2 is 2.00 bits per heavy atom. The Hall–Kier alpha value is -1.65. The van der Waals surface area contributed by atoms with Crippen LogP contribution in [0.5, 0.6) is 0 Å². The summed E-state index contributed by atoms with van der Waals surface area (Å²) in [6.45, 7) is 6.91. The normalized spacial score (nSPS) is 10.8. The van der Waals surface area contributed by atoms with Crippen molar-refractivity contribution in [1.29, 1.82) is 0 Å². The van der Waals surface area contributed by atoms with Gasteiger partial charge in [-0.3, -0.25) is 10.1 Å². The summed E-state index contributed by atoms with van der Waals surface area (Å²) in [6, 6.07) is 3.93. The van der Waals surface area contributed by atoms with Crippen molar-refractivity contribution < 1.29 is 9.31 Å². The highest BCUT2D eigenvalue weighted by atomic mass is 19.1. The smallest absolute Gasteiger partial charge is 0.274 e. The summed E-state index contributed by atoms with van der Waals surface area (Å²) in [5.74, 6) is -0.564. The summed E-state index contributed by atoms with van der Waals surface area (Å²) in [7, 11) is 0. The van der Waals surface area contributed by atoms with Crippen molar-refractivity contribution in [2.24, 2.45) is 0 Å². The van der Waals surface area contributed by atoms with Gasteiger partial charge in [-0.05, 0) is 26.3 Å². The number of halogens is 1. The fourth-order valence-electron chi connectivity index (χ4n) is 2.05. The van der Waals surface area contributed by atoms with Crippen LogP contribution >= 0.6 is 0 Å². The second kappa shape index (κ2) is 7.07. The molecule has 0 radical (unpaired) electrons. The van der Waals surface area contributed by atoms with Gasteiger partial charge in [0.1, 0.15) is 5.82 Å². The average Bonchev–Trinajstić information content (AvgIpc) is 2.33. The van der Waals surface area contributed by atoms with Crippen molar-refractivity contribution in [2.45, 2.75) is 46.1 Å². The fraction of sp³-hybridized carbons (Fsp3) is 0.571. The van der Waals surface area contributed by atoms with Gasteiger partial charge in [0.05, 0.1) is 11.0 Å². The predicted octanol–water partition coefficient (Wildman–Crippen LogP) is 4.14. The van der Waals surface area contributed by atoms with Crippen LogP contribution in [-0.4, -0.2) is 17.5 Å². The van der Waals surface area contributed by atoms with E-state index >= 15 is 0 Å². The van der Waals surface area contributed by atoms with Crippen LogP contribution in [0.3, 0.4) is 0 Å². The Kier molecular flexibility index (Phi) is 5.73. The Morgan fingerprint density at radius 1 is 1.32 bits per heavy atom. The van der Waals surface area contributed by atoms with Crippen LogP contribution in [-0.2, 0) is 0 Å². The van der Waals surface area contributed by atoms with E-state index in [-0.39, 0.29) is 11.7 Å². The minimum Gasteiger partial charge on any atom is -0.369 e. The maximum Gasteiger partial charge on any atom is 0.274 e. The van der Waals surface area contributed by atoms with Gasteiger partial charge in [-0.15, -0.1) is 0 Å². The lowest BCUT2D eigenvalue weighted by atomic mass is 10.1. The first-order chi connectivity index (χ1) is 8.95. The maximum atomic E-state index is 13.5. The molecule has 0 fully saturated rings. The zero-order valence-corrected chi connectivity index (χ0v) is 11.7. The first-order valence-corrected chi connectivity index (χ1v) is 6.67. The van der Waals surface area contributed by atoms with E-state index < -0.39 is 10.7 Å². The Morgan fingerprint density at radius 3 is 2.53 bits per heavy atom. The standard InChI is InChI=1S/C14H21FN2O2/c1-4-5-6-7-16(11(2)3)13-8-12(15)9-14(10-13)17(18)19/h8-11H,4-7H2,1-3H3. The molecule has 0 aliphatic carbocycles. The second-order valence-electron chi connectivity index (χ2n) is 4.92. The Bertz CT molecular complexity index is 435. The second-order valence-corrected chi connectivity index (χ2v) is 4.92. The lowest BCUT2D eigenvalue weighted by molar-refractivity contribution is -0.385. The molecular formula is C14H21FN2O2. The molecule has 0 aromatic heterocycles. The molecule has 1 rings (SSSR count). The van der Waals surface area contributed by atoms with E-state index in [9.17, 15) is 14.5 Å². The van der Waals surface area contributed by atoms with Crippen molar-refractivity contribution in [1.82, 2.24) is 0 Å². The molecular weight excluding hydrogens is 247 g/mol. The summed E-state index contributed by atoms with van der Waals surface area (Å²) in [6.07, 6.45) is 3.20. The van der Waals surface area contributed by atoms with Crippen LogP contribution < -0.4 is 4.90 Å². The summed E-state index contributed by atoms with van der Waals surface area (Å²) in [5, 5.41) is 10.8. The topological polar surface area (TPSA) is 46.4 Å². The molecule has 0 unspecified atom stereocenters. The number of hydrogen-bond donors (Lipinski definition) is 0. The highest BCUT2D eigenvalue weighted by Gasteiger charge is 2.16. The number of unbranched alkanes of at least 4 members (excludes halogenated alkanes) is 2. The summed E-state index contributed by atoms with van der Waals surface area (Å²) < 4.78 is 13.5. The monoisotopic (exact) mass is 268 g/mol. The van der Waals surface area contributed by atoms with E-state index in [0.29, 0.717) is 5.69 Å². The van der Waals surface area contributed by atoms with E-state index in [1.165, 1.54) is 12.1 Å². The maximum absolute atomic E-state index is 13.5. The number of non-ortho nitro benzene ring substituents is 1. The van der Waals surface area contributed by atoms with Crippen LogP contribution in [0.15, 0.2) is 18.2 Å². The molecule has 0 N–H and O–H groups in total. The number of hydrogen-bond acceptors (Lipinski definition) is 3. The molecule has 0 saturated heterocycles. The molecule has 0 bridgehead atoms. The van der Waals surface area contributed by atoms with Crippen molar-refractivity contribution in [3.05, 3.63) is 34.1 Å². The van der Waals surface area contributed by atoms with Crippen LogP contribution in [0.2, 0.25) is 0 Å². The van der Waals surface area contributed by atoms with E-state index in [1.54, 1.807) is 0 Å². The molecule has 0 heterocycles. The molecule has 0 saturated carbocycles. The lowest BCUT2D eigenvalue weighted by Crippen LogP contribution is -2.31. The molecule has 0 amide bonds. The molecule has 1 aromatic carbocycles. The van der Waals surface area contributed by atoms with Crippen molar-refractivity contribution in [3.63, 3.8) is 0 Å². The zero-order valence-electron chi connectivity index (χ0n) is 11.7. The number of nitro benzene ring substituents is 1. The molecule has 0 aliphatic heterocycles. The van der Waals surface area contributed by atoms with Gasteiger partial charge in [-0.1, -0.05) is 19.8 Å². The SMILES string of the molecule is CCCCCN(c1cc(F)cc([N+](=O)[O-])c1)C(C)C. The quantitative estimate of drug-likeness (QED) is 0.424. The van der Waals surface area contributed by atoms with E-state index in [0.717, 1.165) is 31.9 Å². The minimum absolute atomic E-state index is 0.179. The average molecular weight is 268 g/mol. The Balaban J connectivity index is 2.98. The Labute approximate surface area is 113 Å². The zero-order chi connectivity index (χ0) is 14.4. The van der Waals surface area contributed by atoms with Gasteiger partial charge in [0, 0.05) is 24.3 Å². The number of nitrogens with zero attached hydrogens (tertiary/aromatic N) is 2. The summed E-state index contributed by atoms with van der Waals surface area (Å²) in [4.78, 5) is 12.2.